The van der Waals surface area contributed by atoms with Gasteiger partial charge in [0.1, 0.15) is 0 Å². The van der Waals surface area contributed by atoms with Crippen LogP contribution in [0.3, 0.4) is 0 Å². The number of carbonyl (C=O) groups excluding carboxylic acids is 2. The first-order valence-electron chi connectivity index (χ1n) is 10.3. The number of para-hydroxylation sites is 1. The minimum atomic E-state index is -0.148. The molecule has 2 aliphatic heterocycles. The molecule has 0 saturated carbocycles. The number of amides is 2. The van der Waals surface area contributed by atoms with E-state index in [4.69, 9.17) is 11.6 Å². The van der Waals surface area contributed by atoms with E-state index in [1.54, 1.807) is 41.1 Å². The van der Waals surface area contributed by atoms with Crippen LogP contribution in [0.15, 0.2) is 42.5 Å². The molecule has 0 atom stereocenters. The van der Waals surface area contributed by atoms with Crippen LogP contribution in [-0.4, -0.2) is 75.0 Å². The van der Waals surface area contributed by atoms with E-state index in [0.29, 0.717) is 34.1 Å². The van der Waals surface area contributed by atoms with E-state index in [0.717, 1.165) is 39.1 Å². The maximum atomic E-state index is 13.6. The smallest absolute Gasteiger partial charge is 0.260 e. The van der Waals surface area contributed by atoms with E-state index in [9.17, 15) is 9.59 Å². The fraction of sp³-hybridized carbons (Fsp3) is 0.391. The lowest BCUT2D eigenvalue weighted by Gasteiger charge is -2.34. The summed E-state index contributed by atoms with van der Waals surface area (Å²) >= 11 is 6.26. The summed E-state index contributed by atoms with van der Waals surface area (Å²) in [4.78, 5) is 34.8. The zero-order valence-corrected chi connectivity index (χ0v) is 18.2. The van der Waals surface area contributed by atoms with E-state index in [1.807, 2.05) is 18.2 Å². The normalized spacial score (nSPS) is 18.1. The molecule has 2 aromatic carbocycles. The zero-order valence-electron chi connectivity index (χ0n) is 17.5. The highest BCUT2D eigenvalue weighted by atomic mass is 35.5. The van der Waals surface area contributed by atoms with Gasteiger partial charge in [0.05, 0.1) is 22.5 Å². The van der Waals surface area contributed by atoms with Crippen molar-refractivity contribution in [2.24, 2.45) is 0 Å². The summed E-state index contributed by atoms with van der Waals surface area (Å²) < 4.78 is 0. The Morgan fingerprint density at radius 2 is 1.53 bits per heavy atom. The van der Waals surface area contributed by atoms with Crippen LogP contribution in [0.25, 0.3) is 0 Å². The second kappa shape index (κ2) is 8.76. The SMILES string of the molecule is CN1CCN(CCCN2C(=O)c3ccccc3N(C)C(=O)c3ccc(Cl)cc32)CC1. The molecule has 158 valence electrons. The Labute approximate surface area is 182 Å². The summed E-state index contributed by atoms with van der Waals surface area (Å²) in [6.07, 6.45) is 0.827. The van der Waals surface area contributed by atoms with Gasteiger partial charge in [0, 0.05) is 44.8 Å². The summed E-state index contributed by atoms with van der Waals surface area (Å²) in [5.74, 6) is -0.252. The van der Waals surface area contributed by atoms with Crippen molar-refractivity contribution in [3.63, 3.8) is 0 Å². The Bertz CT molecular complexity index is 956. The van der Waals surface area contributed by atoms with E-state index >= 15 is 0 Å². The highest BCUT2D eigenvalue weighted by Crippen LogP contribution is 2.33. The molecular formula is C23H27ClN4O2. The van der Waals surface area contributed by atoms with Gasteiger partial charge in [0.25, 0.3) is 11.8 Å². The highest BCUT2D eigenvalue weighted by Gasteiger charge is 2.31. The van der Waals surface area contributed by atoms with Gasteiger partial charge in [0.2, 0.25) is 0 Å². The maximum Gasteiger partial charge on any atom is 0.260 e. The first kappa shape index (κ1) is 20.8. The van der Waals surface area contributed by atoms with Gasteiger partial charge in [-0.15, -0.1) is 0 Å². The molecule has 6 nitrogen and oxygen atoms in total. The van der Waals surface area contributed by atoms with Gasteiger partial charge in [-0.25, -0.2) is 0 Å². The predicted molar refractivity (Wildman–Crippen MR) is 121 cm³/mol. The molecule has 0 N–H and O–H groups in total. The molecule has 1 fully saturated rings. The molecule has 2 heterocycles. The van der Waals surface area contributed by atoms with Crippen molar-refractivity contribution in [3.05, 3.63) is 58.6 Å². The Kier molecular flexibility index (Phi) is 6.09. The van der Waals surface area contributed by atoms with Crippen molar-refractivity contribution < 1.29 is 9.59 Å². The number of piperazine rings is 1. The van der Waals surface area contributed by atoms with Crippen molar-refractivity contribution in [2.45, 2.75) is 6.42 Å². The van der Waals surface area contributed by atoms with Crippen molar-refractivity contribution in [2.75, 3.05) is 63.2 Å². The molecule has 0 aliphatic carbocycles. The molecule has 2 amide bonds. The van der Waals surface area contributed by atoms with Gasteiger partial charge >= 0.3 is 0 Å². The second-order valence-electron chi connectivity index (χ2n) is 8.00. The third-order valence-electron chi connectivity index (χ3n) is 5.98. The lowest BCUT2D eigenvalue weighted by Crippen LogP contribution is -2.45. The van der Waals surface area contributed by atoms with Crippen LogP contribution < -0.4 is 9.80 Å². The summed E-state index contributed by atoms with van der Waals surface area (Å²) in [5, 5.41) is 0.509. The van der Waals surface area contributed by atoms with Gasteiger partial charge in [-0.2, -0.15) is 0 Å². The average Bonchev–Trinajstić information content (AvgIpc) is 2.76. The molecule has 0 unspecified atom stereocenters. The van der Waals surface area contributed by atoms with Crippen LogP contribution in [0.2, 0.25) is 5.02 Å². The molecular weight excluding hydrogens is 400 g/mol. The van der Waals surface area contributed by atoms with E-state index in [2.05, 4.69) is 16.8 Å². The molecule has 0 radical (unpaired) electrons. The van der Waals surface area contributed by atoms with Crippen molar-refractivity contribution in [1.82, 2.24) is 9.80 Å². The number of rotatable bonds is 4. The largest absolute Gasteiger partial charge is 0.311 e. The van der Waals surface area contributed by atoms with Gasteiger partial charge in [-0.1, -0.05) is 23.7 Å². The Morgan fingerprint density at radius 3 is 2.30 bits per heavy atom. The number of halogens is 1. The van der Waals surface area contributed by atoms with Crippen LogP contribution in [0.5, 0.6) is 0 Å². The summed E-state index contributed by atoms with van der Waals surface area (Å²) in [5.41, 5.74) is 2.22. The van der Waals surface area contributed by atoms with Gasteiger partial charge < -0.3 is 19.6 Å². The molecule has 7 heteroatoms. The number of likely N-dealkylation sites (N-methyl/N-ethyl adjacent to an activating group) is 1. The van der Waals surface area contributed by atoms with Crippen molar-refractivity contribution in [1.29, 1.82) is 0 Å². The highest BCUT2D eigenvalue weighted by molar-refractivity contribution is 6.31. The number of benzene rings is 2. The molecule has 2 aliphatic rings. The summed E-state index contributed by atoms with van der Waals surface area (Å²) in [6, 6.07) is 12.4. The average molecular weight is 427 g/mol. The molecule has 2 aromatic rings. The molecule has 30 heavy (non-hydrogen) atoms. The monoisotopic (exact) mass is 426 g/mol. The lowest BCUT2D eigenvalue weighted by molar-refractivity contribution is 0.0975. The van der Waals surface area contributed by atoms with E-state index in [1.165, 1.54) is 0 Å². The number of nitrogens with zero attached hydrogens (tertiary/aromatic N) is 4. The summed E-state index contributed by atoms with van der Waals surface area (Å²) in [6.45, 7) is 5.66. The standard InChI is InChI=1S/C23H27ClN4O2/c1-25-12-14-27(15-13-25)10-5-11-28-21-16-17(24)8-9-19(21)22(29)26(2)20-7-4-3-6-18(20)23(28)30/h3-4,6-9,16H,5,10-15H2,1-2H3. The van der Waals surface area contributed by atoms with Gasteiger partial charge in [0.15, 0.2) is 0 Å². The quantitative estimate of drug-likeness (QED) is 0.753. The summed E-state index contributed by atoms with van der Waals surface area (Å²) in [7, 11) is 3.85. The first-order chi connectivity index (χ1) is 14.5. The number of anilines is 2. The molecule has 0 aromatic heterocycles. The van der Waals surface area contributed by atoms with Crippen LogP contribution >= 0.6 is 11.6 Å². The molecule has 4 rings (SSSR count). The fourth-order valence-electron chi connectivity index (χ4n) is 4.15. The first-order valence-corrected chi connectivity index (χ1v) is 10.7. The Hall–Kier alpha value is -2.41. The third kappa shape index (κ3) is 4.08. The van der Waals surface area contributed by atoms with Crippen LogP contribution in [0.1, 0.15) is 27.1 Å². The Morgan fingerprint density at radius 1 is 0.833 bits per heavy atom. The maximum absolute atomic E-state index is 13.6. The minimum absolute atomic E-state index is 0.105. The molecule has 0 spiro atoms. The van der Waals surface area contributed by atoms with Crippen LogP contribution in [0, 0.1) is 0 Å². The van der Waals surface area contributed by atoms with Crippen molar-refractivity contribution >= 4 is 34.8 Å². The topological polar surface area (TPSA) is 47.1 Å². The van der Waals surface area contributed by atoms with E-state index in [-0.39, 0.29) is 11.8 Å². The van der Waals surface area contributed by atoms with E-state index < -0.39 is 0 Å². The molecule has 1 saturated heterocycles. The van der Waals surface area contributed by atoms with Gasteiger partial charge in [-0.3, -0.25) is 9.59 Å². The fourth-order valence-corrected chi connectivity index (χ4v) is 4.31. The molecule has 0 bridgehead atoms. The third-order valence-corrected chi connectivity index (χ3v) is 6.21. The Balaban J connectivity index is 1.64. The van der Waals surface area contributed by atoms with Crippen LogP contribution in [0.4, 0.5) is 11.4 Å². The minimum Gasteiger partial charge on any atom is -0.311 e. The predicted octanol–water partition coefficient (Wildman–Crippen LogP) is 3.21. The number of fused-ring (bicyclic) bond motifs is 2. The number of carbonyl (C=O) groups is 2. The zero-order chi connectivity index (χ0) is 21.3. The lowest BCUT2D eigenvalue weighted by atomic mass is 10.0. The van der Waals surface area contributed by atoms with Gasteiger partial charge in [-0.05, 0) is 50.3 Å². The second-order valence-corrected chi connectivity index (χ2v) is 8.43. The van der Waals surface area contributed by atoms with Crippen LogP contribution in [-0.2, 0) is 0 Å². The number of hydrogen-bond acceptors (Lipinski definition) is 4. The van der Waals surface area contributed by atoms with Crippen molar-refractivity contribution in [3.8, 4) is 0 Å². The number of hydrogen-bond donors (Lipinski definition) is 0.